The number of aromatic nitrogens is 5. The summed E-state index contributed by atoms with van der Waals surface area (Å²) < 4.78 is 72.9. The number of fused-ring (bicyclic) bond motifs is 1. The zero-order chi connectivity index (χ0) is 19.2. The Labute approximate surface area is 148 Å². The summed E-state index contributed by atoms with van der Waals surface area (Å²) in [5, 5.41) is 4.02. The Morgan fingerprint density at radius 2 is 1.85 bits per heavy atom. The first-order valence-electron chi connectivity index (χ1n) is 7.71. The molecule has 0 saturated carbocycles. The molecule has 1 unspecified atom stereocenters. The van der Waals surface area contributed by atoms with E-state index in [-0.39, 0.29) is 6.54 Å². The van der Waals surface area contributed by atoms with Crippen LogP contribution in [0.5, 0.6) is 6.01 Å². The highest BCUT2D eigenvalue weighted by Gasteiger charge is 2.51. The number of nitrogens with zero attached hydrogens (tertiary/aromatic N) is 6. The molecule has 142 valence electrons. The van der Waals surface area contributed by atoms with Gasteiger partial charge in [0, 0.05) is 24.8 Å². The lowest BCUT2D eigenvalue weighted by molar-refractivity contribution is -0.138. The number of hydrogen-bond acceptors (Lipinski definition) is 6. The van der Waals surface area contributed by atoms with Crippen LogP contribution in [0.1, 0.15) is 5.56 Å². The highest BCUT2D eigenvalue weighted by molar-refractivity contribution is 5.68. The summed E-state index contributed by atoms with van der Waals surface area (Å²) in [6.07, 6.45) is -0.744. The zero-order valence-corrected chi connectivity index (χ0v) is 13.4. The normalized spacial score (nSPS) is 19.6. The van der Waals surface area contributed by atoms with Gasteiger partial charge in [-0.05, 0) is 6.07 Å². The Morgan fingerprint density at radius 3 is 2.56 bits per heavy atom. The van der Waals surface area contributed by atoms with Crippen molar-refractivity contribution in [1.82, 2.24) is 24.6 Å². The van der Waals surface area contributed by atoms with Crippen LogP contribution in [0.4, 0.5) is 27.6 Å². The molecule has 27 heavy (non-hydrogen) atoms. The molecule has 4 rings (SSSR count). The third-order valence-electron chi connectivity index (χ3n) is 4.08. The summed E-state index contributed by atoms with van der Waals surface area (Å²) in [5.74, 6) is -3.26. The van der Waals surface area contributed by atoms with E-state index < -0.39 is 36.3 Å². The van der Waals surface area contributed by atoms with Gasteiger partial charge in [-0.15, -0.1) is 0 Å². The minimum atomic E-state index is -4.62. The number of rotatable bonds is 3. The van der Waals surface area contributed by atoms with Crippen molar-refractivity contribution in [2.45, 2.75) is 18.2 Å². The van der Waals surface area contributed by atoms with Crippen LogP contribution in [0.2, 0.25) is 0 Å². The molecule has 3 aromatic rings. The maximum atomic E-state index is 14.4. The summed E-state index contributed by atoms with van der Waals surface area (Å²) >= 11 is 0. The van der Waals surface area contributed by atoms with E-state index in [9.17, 15) is 22.0 Å². The lowest BCUT2D eigenvalue weighted by atomic mass is 10.2. The SMILES string of the molecule is FC(F)(F)c1cnc(OC2CN(c3ccnn4ccnc34)CC2(F)F)nc1. The molecule has 1 saturated heterocycles. The smallest absolute Gasteiger partial charge is 0.419 e. The molecule has 4 heterocycles. The van der Waals surface area contributed by atoms with Crippen molar-refractivity contribution >= 4 is 11.3 Å². The molecule has 12 heteroatoms. The van der Waals surface area contributed by atoms with E-state index in [0.717, 1.165) is 0 Å². The third-order valence-corrected chi connectivity index (χ3v) is 4.08. The van der Waals surface area contributed by atoms with Gasteiger partial charge in [-0.3, -0.25) is 0 Å². The maximum absolute atomic E-state index is 14.4. The molecule has 1 aliphatic rings. The second-order valence-corrected chi connectivity index (χ2v) is 5.91. The number of halogens is 5. The maximum Gasteiger partial charge on any atom is 0.419 e. The van der Waals surface area contributed by atoms with E-state index in [4.69, 9.17) is 4.74 Å². The topological polar surface area (TPSA) is 68.4 Å². The number of anilines is 1. The zero-order valence-electron chi connectivity index (χ0n) is 13.4. The van der Waals surface area contributed by atoms with E-state index in [1.165, 1.54) is 21.8 Å². The van der Waals surface area contributed by atoms with Gasteiger partial charge >= 0.3 is 18.1 Å². The standard InChI is InChI=1S/C15H11F5N6O/c16-14(17)8-25(10-1-2-24-26-4-3-21-12(10)26)7-11(14)27-13-22-5-9(6-23-13)15(18,19)20/h1-6,11H,7-8H2. The van der Waals surface area contributed by atoms with Crippen LogP contribution in [0.3, 0.4) is 0 Å². The van der Waals surface area contributed by atoms with Crippen LogP contribution < -0.4 is 9.64 Å². The van der Waals surface area contributed by atoms with Gasteiger partial charge in [-0.2, -0.15) is 18.3 Å². The Morgan fingerprint density at radius 1 is 1.11 bits per heavy atom. The summed E-state index contributed by atoms with van der Waals surface area (Å²) in [7, 11) is 0. The first-order valence-corrected chi connectivity index (χ1v) is 7.71. The highest BCUT2D eigenvalue weighted by Crippen LogP contribution is 2.35. The number of ether oxygens (including phenoxy) is 1. The lowest BCUT2D eigenvalue weighted by Crippen LogP contribution is -2.37. The minimum Gasteiger partial charge on any atom is -0.452 e. The molecule has 1 fully saturated rings. The Bertz CT molecular complexity index is 957. The van der Waals surface area contributed by atoms with Gasteiger partial charge in [0.2, 0.25) is 0 Å². The summed E-state index contributed by atoms with van der Waals surface area (Å²) in [6.45, 7) is -0.866. The van der Waals surface area contributed by atoms with Crippen LogP contribution in [0.15, 0.2) is 37.1 Å². The van der Waals surface area contributed by atoms with E-state index in [2.05, 4.69) is 20.1 Å². The van der Waals surface area contributed by atoms with Crippen LogP contribution in [0.25, 0.3) is 5.65 Å². The summed E-state index contributed by atoms with van der Waals surface area (Å²) in [5.41, 5.74) is -0.248. The van der Waals surface area contributed by atoms with Gasteiger partial charge in [0.1, 0.15) is 0 Å². The molecular formula is C15H11F5N6O. The molecule has 0 radical (unpaired) electrons. The largest absolute Gasteiger partial charge is 0.452 e. The third kappa shape index (κ3) is 3.22. The van der Waals surface area contributed by atoms with Crippen molar-refractivity contribution in [3.8, 4) is 6.01 Å². The Kier molecular flexibility index (Phi) is 3.86. The average Bonchev–Trinajstić information content (AvgIpc) is 3.19. The second kappa shape index (κ2) is 5.99. The molecule has 3 aromatic heterocycles. The Balaban J connectivity index is 1.55. The van der Waals surface area contributed by atoms with Crippen LogP contribution in [0, 0.1) is 0 Å². The van der Waals surface area contributed by atoms with Crippen LogP contribution in [-0.4, -0.2) is 49.7 Å². The van der Waals surface area contributed by atoms with Crippen molar-refractivity contribution in [2.24, 2.45) is 0 Å². The molecule has 1 aliphatic heterocycles. The molecule has 0 aliphatic carbocycles. The van der Waals surface area contributed by atoms with Crippen molar-refractivity contribution in [3.05, 3.63) is 42.6 Å². The van der Waals surface area contributed by atoms with Gasteiger partial charge in [-0.1, -0.05) is 0 Å². The molecule has 7 nitrogen and oxygen atoms in total. The second-order valence-electron chi connectivity index (χ2n) is 5.91. The first kappa shape index (κ1) is 17.4. The molecule has 0 spiro atoms. The summed E-state index contributed by atoms with van der Waals surface area (Å²) in [6, 6.07) is 1.00. The number of imidazole rings is 1. The fourth-order valence-electron chi connectivity index (χ4n) is 2.78. The quantitative estimate of drug-likeness (QED) is 0.644. The van der Waals surface area contributed by atoms with E-state index in [1.807, 2.05) is 0 Å². The molecule has 1 atom stereocenters. The van der Waals surface area contributed by atoms with Crippen molar-refractivity contribution in [1.29, 1.82) is 0 Å². The van der Waals surface area contributed by atoms with Gasteiger partial charge in [-0.25, -0.2) is 28.2 Å². The predicted octanol–water partition coefficient (Wildman–Crippen LogP) is 2.44. The highest BCUT2D eigenvalue weighted by atomic mass is 19.4. The monoisotopic (exact) mass is 386 g/mol. The van der Waals surface area contributed by atoms with Crippen molar-refractivity contribution in [2.75, 3.05) is 18.0 Å². The van der Waals surface area contributed by atoms with Gasteiger partial charge in [0.15, 0.2) is 11.8 Å². The minimum absolute atomic E-state index is 0.218. The van der Waals surface area contributed by atoms with Gasteiger partial charge in [0.05, 0.1) is 30.5 Å². The Hall–Kier alpha value is -3.05. The average molecular weight is 386 g/mol. The molecule has 0 N–H and O–H groups in total. The fourth-order valence-corrected chi connectivity index (χ4v) is 2.78. The molecule has 0 aromatic carbocycles. The van der Waals surface area contributed by atoms with Crippen molar-refractivity contribution < 1.29 is 26.7 Å². The van der Waals surface area contributed by atoms with Crippen LogP contribution >= 0.6 is 0 Å². The van der Waals surface area contributed by atoms with Crippen LogP contribution in [-0.2, 0) is 6.18 Å². The lowest BCUT2D eigenvalue weighted by Gasteiger charge is -2.17. The summed E-state index contributed by atoms with van der Waals surface area (Å²) in [4.78, 5) is 12.2. The number of alkyl halides is 5. The van der Waals surface area contributed by atoms with E-state index in [1.54, 1.807) is 12.3 Å². The predicted molar refractivity (Wildman–Crippen MR) is 81.6 cm³/mol. The van der Waals surface area contributed by atoms with E-state index in [0.29, 0.717) is 23.7 Å². The molecule has 0 amide bonds. The van der Waals surface area contributed by atoms with E-state index >= 15 is 0 Å². The fraction of sp³-hybridized carbons (Fsp3) is 0.333. The number of hydrogen-bond donors (Lipinski definition) is 0. The first-order chi connectivity index (χ1) is 12.7. The molecular weight excluding hydrogens is 375 g/mol. The van der Waals surface area contributed by atoms with Crippen molar-refractivity contribution in [3.63, 3.8) is 0 Å². The van der Waals surface area contributed by atoms with Gasteiger partial charge in [0.25, 0.3) is 0 Å². The van der Waals surface area contributed by atoms with Gasteiger partial charge < -0.3 is 9.64 Å². The molecule has 0 bridgehead atoms.